The summed E-state index contributed by atoms with van der Waals surface area (Å²) in [6, 6.07) is 6.41. The smallest absolute Gasteiger partial charge is 0.290 e. The number of alkyl halides is 2. The summed E-state index contributed by atoms with van der Waals surface area (Å²) < 4.78 is 27.7. The van der Waals surface area contributed by atoms with Gasteiger partial charge in [0, 0.05) is 17.5 Å². The zero-order valence-electron chi connectivity index (χ0n) is 10.7. The maximum absolute atomic E-state index is 13.9. The van der Waals surface area contributed by atoms with E-state index >= 15 is 0 Å². The molecule has 3 rings (SSSR count). The van der Waals surface area contributed by atoms with Gasteiger partial charge in [0.05, 0.1) is 5.69 Å². The van der Waals surface area contributed by atoms with Crippen LogP contribution in [-0.2, 0) is 12.3 Å². The molecular weight excluding hydrogens is 282 g/mol. The number of aromatic hydroxyl groups is 1. The fourth-order valence-corrected chi connectivity index (χ4v) is 2.72. The average molecular weight is 294 g/mol. The van der Waals surface area contributed by atoms with Gasteiger partial charge in [0.1, 0.15) is 11.4 Å². The van der Waals surface area contributed by atoms with E-state index in [9.17, 15) is 13.9 Å². The van der Waals surface area contributed by atoms with Crippen LogP contribution >= 0.6 is 11.8 Å². The van der Waals surface area contributed by atoms with Gasteiger partial charge >= 0.3 is 0 Å². The van der Waals surface area contributed by atoms with Crippen molar-refractivity contribution in [1.82, 2.24) is 9.97 Å². The predicted molar refractivity (Wildman–Crippen MR) is 73.1 cm³/mol. The average Bonchev–Trinajstić information content (AvgIpc) is 2.75. The Hall–Kier alpha value is -1.69. The van der Waals surface area contributed by atoms with Gasteiger partial charge in [-0.3, -0.25) is 0 Å². The quantitative estimate of drug-likeness (QED) is 0.679. The number of halogens is 2. The SMILES string of the molecule is CSc1nc(-c2ccc(O)cc2)c2c(n1)C(F)(F)CC2. The van der Waals surface area contributed by atoms with Crippen molar-refractivity contribution < 1.29 is 13.9 Å². The lowest BCUT2D eigenvalue weighted by Gasteiger charge is -2.12. The molecule has 1 N–H and O–H groups in total. The van der Waals surface area contributed by atoms with Gasteiger partial charge in [0.15, 0.2) is 5.16 Å². The molecule has 0 unspecified atom stereocenters. The number of phenols is 1. The largest absolute Gasteiger partial charge is 0.508 e. The minimum Gasteiger partial charge on any atom is -0.508 e. The number of benzene rings is 1. The number of aromatic nitrogens is 2. The predicted octanol–water partition coefficient (Wildman–Crippen LogP) is 3.61. The van der Waals surface area contributed by atoms with E-state index in [2.05, 4.69) is 9.97 Å². The van der Waals surface area contributed by atoms with Gasteiger partial charge in [0.25, 0.3) is 5.92 Å². The van der Waals surface area contributed by atoms with Crippen molar-refractivity contribution in [2.45, 2.75) is 23.9 Å². The van der Waals surface area contributed by atoms with Gasteiger partial charge in [-0.05, 0) is 36.9 Å². The van der Waals surface area contributed by atoms with E-state index in [1.54, 1.807) is 18.4 Å². The van der Waals surface area contributed by atoms with Crippen LogP contribution in [0.15, 0.2) is 29.4 Å². The van der Waals surface area contributed by atoms with Gasteiger partial charge in [0.2, 0.25) is 0 Å². The standard InChI is InChI=1S/C14H12F2N2OS/c1-20-13-17-11(8-2-4-9(19)5-3-8)10-6-7-14(15,16)12(10)18-13/h2-5,19H,6-7H2,1H3. The Morgan fingerprint density at radius 3 is 2.55 bits per heavy atom. The molecule has 0 amide bonds. The molecule has 0 atom stereocenters. The Morgan fingerprint density at radius 1 is 1.20 bits per heavy atom. The summed E-state index contributed by atoms with van der Waals surface area (Å²) >= 11 is 1.24. The summed E-state index contributed by atoms with van der Waals surface area (Å²) in [4.78, 5) is 8.35. The number of hydrogen-bond acceptors (Lipinski definition) is 4. The van der Waals surface area contributed by atoms with Gasteiger partial charge in [-0.1, -0.05) is 11.8 Å². The van der Waals surface area contributed by atoms with E-state index in [-0.39, 0.29) is 24.3 Å². The molecule has 1 aliphatic rings. The van der Waals surface area contributed by atoms with Gasteiger partial charge in [-0.25, -0.2) is 9.97 Å². The first-order chi connectivity index (χ1) is 9.51. The molecule has 0 fully saturated rings. The van der Waals surface area contributed by atoms with Crippen molar-refractivity contribution in [2.24, 2.45) is 0 Å². The molecule has 1 aliphatic carbocycles. The Morgan fingerprint density at radius 2 is 1.90 bits per heavy atom. The lowest BCUT2D eigenvalue weighted by molar-refractivity contribution is -0.00650. The maximum atomic E-state index is 13.9. The molecular formula is C14H12F2N2OS. The summed E-state index contributed by atoms with van der Waals surface area (Å²) in [5.74, 6) is -2.75. The van der Waals surface area contributed by atoms with E-state index in [1.807, 2.05) is 0 Å². The van der Waals surface area contributed by atoms with Gasteiger partial charge in [-0.2, -0.15) is 8.78 Å². The number of nitrogens with zero attached hydrogens (tertiary/aromatic N) is 2. The molecule has 20 heavy (non-hydrogen) atoms. The highest BCUT2D eigenvalue weighted by atomic mass is 32.2. The molecule has 1 aromatic carbocycles. The number of thioether (sulfide) groups is 1. The van der Waals surface area contributed by atoms with Crippen molar-refractivity contribution in [3.05, 3.63) is 35.5 Å². The lowest BCUT2D eigenvalue weighted by atomic mass is 10.1. The highest BCUT2D eigenvalue weighted by Crippen LogP contribution is 2.44. The maximum Gasteiger partial charge on any atom is 0.290 e. The molecule has 6 heteroatoms. The van der Waals surface area contributed by atoms with E-state index in [4.69, 9.17) is 0 Å². The van der Waals surface area contributed by atoms with Crippen molar-refractivity contribution in [1.29, 1.82) is 0 Å². The molecule has 104 valence electrons. The number of fused-ring (bicyclic) bond motifs is 1. The topological polar surface area (TPSA) is 46.0 Å². The van der Waals surface area contributed by atoms with Gasteiger partial charge < -0.3 is 5.11 Å². The molecule has 0 aliphatic heterocycles. The Kier molecular flexibility index (Phi) is 3.12. The molecule has 0 saturated heterocycles. The van der Waals surface area contributed by atoms with E-state index in [1.165, 1.54) is 23.9 Å². The lowest BCUT2D eigenvalue weighted by Crippen LogP contribution is -2.11. The number of hydrogen-bond donors (Lipinski definition) is 1. The van der Waals surface area contributed by atoms with Crippen LogP contribution in [0, 0.1) is 0 Å². The molecule has 1 aromatic heterocycles. The summed E-state index contributed by atoms with van der Waals surface area (Å²) in [5, 5.41) is 9.67. The molecule has 1 heterocycles. The minimum absolute atomic E-state index is 0.134. The summed E-state index contributed by atoms with van der Waals surface area (Å²) in [6.07, 6.45) is 1.81. The first-order valence-corrected chi connectivity index (χ1v) is 7.36. The normalized spacial score (nSPS) is 16.1. The fourth-order valence-electron chi connectivity index (χ4n) is 2.35. The van der Waals surface area contributed by atoms with Crippen molar-refractivity contribution >= 4 is 11.8 Å². The first-order valence-electron chi connectivity index (χ1n) is 6.14. The summed E-state index contributed by atoms with van der Waals surface area (Å²) in [7, 11) is 0. The number of phenolic OH excluding ortho intramolecular Hbond substituents is 1. The second-order valence-electron chi connectivity index (χ2n) is 4.64. The van der Waals surface area contributed by atoms with E-state index < -0.39 is 5.92 Å². The molecule has 0 saturated carbocycles. The van der Waals surface area contributed by atoms with Crippen molar-refractivity contribution in [2.75, 3.05) is 6.26 Å². The zero-order chi connectivity index (χ0) is 14.3. The van der Waals surface area contributed by atoms with Crippen LogP contribution in [0.2, 0.25) is 0 Å². The Labute approximate surface area is 119 Å². The summed E-state index contributed by atoms with van der Waals surface area (Å²) in [5.41, 5.74) is 1.62. The Balaban J connectivity index is 2.21. The van der Waals surface area contributed by atoms with Crippen LogP contribution in [0.4, 0.5) is 8.78 Å². The van der Waals surface area contributed by atoms with Crippen LogP contribution in [0.3, 0.4) is 0 Å². The van der Waals surface area contributed by atoms with E-state index in [0.29, 0.717) is 16.4 Å². The third-order valence-electron chi connectivity index (χ3n) is 3.35. The second-order valence-corrected chi connectivity index (χ2v) is 5.41. The first kappa shape index (κ1) is 13.3. The summed E-state index contributed by atoms with van der Waals surface area (Å²) in [6.45, 7) is 0. The van der Waals surface area contributed by atoms with Crippen LogP contribution in [-0.4, -0.2) is 21.3 Å². The zero-order valence-corrected chi connectivity index (χ0v) is 11.5. The van der Waals surface area contributed by atoms with Crippen LogP contribution in [0.25, 0.3) is 11.3 Å². The minimum atomic E-state index is -2.88. The molecule has 0 radical (unpaired) electrons. The van der Waals surface area contributed by atoms with Gasteiger partial charge in [-0.15, -0.1) is 0 Å². The highest BCUT2D eigenvalue weighted by Gasteiger charge is 2.43. The van der Waals surface area contributed by atoms with Crippen molar-refractivity contribution in [3.63, 3.8) is 0 Å². The molecule has 2 aromatic rings. The monoisotopic (exact) mass is 294 g/mol. The van der Waals surface area contributed by atoms with Crippen LogP contribution in [0.5, 0.6) is 5.75 Å². The second kappa shape index (κ2) is 4.70. The number of rotatable bonds is 2. The highest BCUT2D eigenvalue weighted by molar-refractivity contribution is 7.98. The third kappa shape index (κ3) is 2.14. The fraction of sp³-hybridized carbons (Fsp3) is 0.286. The molecule has 0 spiro atoms. The van der Waals surface area contributed by atoms with E-state index in [0.717, 1.165) is 5.56 Å². The third-order valence-corrected chi connectivity index (χ3v) is 3.89. The van der Waals surface area contributed by atoms with Crippen LogP contribution in [0.1, 0.15) is 17.7 Å². The van der Waals surface area contributed by atoms with Crippen LogP contribution < -0.4 is 0 Å². The molecule has 3 nitrogen and oxygen atoms in total. The van der Waals surface area contributed by atoms with Crippen molar-refractivity contribution in [3.8, 4) is 17.0 Å². The Bertz CT molecular complexity index is 659. The molecule has 0 bridgehead atoms.